The average Bonchev–Trinajstić information content (AvgIpc) is 3.11. The number of carbonyl (C=O) groups is 1. The number of rotatable bonds is 7. The molecule has 34 heavy (non-hydrogen) atoms. The topological polar surface area (TPSA) is 55.8 Å². The smallest absolute Gasteiger partial charge is 0.302 e. The van der Waals surface area contributed by atoms with Crippen LogP contribution in [-0.2, 0) is 14.3 Å². The molecule has 0 bridgehead atoms. The Hall–Kier alpha value is -0.610. The van der Waals surface area contributed by atoms with Crippen molar-refractivity contribution in [2.75, 3.05) is 7.11 Å². The highest BCUT2D eigenvalue weighted by Gasteiger charge is 2.68. The highest BCUT2D eigenvalue weighted by Crippen LogP contribution is 2.69. The second kappa shape index (κ2) is 9.69. The first kappa shape index (κ1) is 26.5. The Morgan fingerprint density at radius 2 is 1.76 bits per heavy atom. The second-order valence-corrected chi connectivity index (χ2v) is 13.7. The van der Waals surface area contributed by atoms with Gasteiger partial charge in [-0.3, -0.25) is 4.79 Å². The van der Waals surface area contributed by atoms with Gasteiger partial charge in [0.25, 0.3) is 0 Å². The summed E-state index contributed by atoms with van der Waals surface area (Å²) >= 11 is 0. The molecule has 4 aliphatic rings. The van der Waals surface area contributed by atoms with Crippen molar-refractivity contribution in [2.24, 2.45) is 46.3 Å². The molecule has 0 saturated heterocycles. The maximum Gasteiger partial charge on any atom is 0.302 e. The van der Waals surface area contributed by atoms with E-state index < -0.39 is 5.60 Å². The molecule has 0 aromatic rings. The molecule has 0 amide bonds. The Labute approximate surface area is 208 Å². The molecule has 4 aliphatic carbocycles. The predicted octanol–water partition coefficient (Wildman–Crippen LogP) is 6.78. The van der Waals surface area contributed by atoms with Crippen molar-refractivity contribution in [3.05, 3.63) is 0 Å². The minimum absolute atomic E-state index is 0.171. The molecular weight excluding hydrogens is 424 g/mol. The fourth-order valence-electron chi connectivity index (χ4n) is 9.87. The number of ether oxygens (including phenoxy) is 2. The van der Waals surface area contributed by atoms with Crippen LogP contribution < -0.4 is 0 Å². The molecule has 0 aromatic heterocycles. The van der Waals surface area contributed by atoms with E-state index in [0.29, 0.717) is 23.7 Å². The lowest BCUT2D eigenvalue weighted by atomic mass is 9.42. The van der Waals surface area contributed by atoms with Gasteiger partial charge in [-0.15, -0.1) is 0 Å². The normalized spacial score (nSPS) is 47.0. The molecule has 196 valence electrons. The molecule has 0 aliphatic heterocycles. The molecule has 0 radical (unpaired) electrons. The Bertz CT molecular complexity index is 735. The monoisotopic (exact) mass is 476 g/mol. The number of hydrogen-bond donors (Lipinski definition) is 1. The van der Waals surface area contributed by atoms with Gasteiger partial charge in [-0.05, 0) is 85.9 Å². The van der Waals surface area contributed by atoms with Crippen molar-refractivity contribution in [3.63, 3.8) is 0 Å². The first-order valence-corrected chi connectivity index (χ1v) is 14.4. The van der Waals surface area contributed by atoms with Crippen molar-refractivity contribution in [1.29, 1.82) is 0 Å². The molecule has 4 heteroatoms. The van der Waals surface area contributed by atoms with Gasteiger partial charge in [-0.25, -0.2) is 0 Å². The van der Waals surface area contributed by atoms with E-state index >= 15 is 0 Å². The van der Waals surface area contributed by atoms with Crippen molar-refractivity contribution < 1.29 is 19.4 Å². The van der Waals surface area contributed by atoms with Crippen molar-refractivity contribution in [2.45, 2.75) is 130 Å². The van der Waals surface area contributed by atoms with Crippen LogP contribution in [0.25, 0.3) is 0 Å². The molecule has 1 N–H and O–H groups in total. The van der Waals surface area contributed by atoms with E-state index in [4.69, 9.17) is 9.47 Å². The maximum atomic E-state index is 12.2. The molecule has 4 nitrogen and oxygen atoms in total. The number of carbonyl (C=O) groups excluding carboxylic acids is 1. The number of methoxy groups -OCH3 is 1. The minimum Gasteiger partial charge on any atom is -0.462 e. The number of hydrogen-bond acceptors (Lipinski definition) is 4. The van der Waals surface area contributed by atoms with Gasteiger partial charge in [0.2, 0.25) is 0 Å². The van der Waals surface area contributed by atoms with Crippen LogP contribution in [0.4, 0.5) is 0 Å². The predicted molar refractivity (Wildman–Crippen MR) is 136 cm³/mol. The van der Waals surface area contributed by atoms with E-state index in [0.717, 1.165) is 42.9 Å². The van der Waals surface area contributed by atoms with E-state index in [1.54, 1.807) is 7.11 Å². The Morgan fingerprint density at radius 3 is 2.41 bits per heavy atom. The standard InChI is InChI=1S/C30H52O4/c1-19(2)9-8-10-20(3)24-11-12-25-23-17-27(33-7)30(32)18-22(34-21(4)31)13-16-29(30,6)26(23)14-15-28(24,25)5/h19-20,22-27,32H,8-18H2,1-7H3/t20-,22+,23-,24-,25+,26+,27-,28+,29-,30+/m1/s1. The first-order chi connectivity index (χ1) is 16.0. The van der Waals surface area contributed by atoms with E-state index in [1.165, 1.54) is 51.9 Å². The lowest BCUT2D eigenvalue weighted by Gasteiger charge is -2.66. The number of aliphatic hydroxyl groups is 1. The highest BCUT2D eigenvalue weighted by molar-refractivity contribution is 5.66. The van der Waals surface area contributed by atoms with Gasteiger partial charge < -0.3 is 14.6 Å². The van der Waals surface area contributed by atoms with Crippen LogP contribution in [0.3, 0.4) is 0 Å². The Morgan fingerprint density at radius 1 is 1.03 bits per heavy atom. The maximum absolute atomic E-state index is 12.2. The lowest BCUT2D eigenvalue weighted by Crippen LogP contribution is -2.69. The SMILES string of the molecule is CO[C@@H]1C[C@@H]2[C@@H]3CC[C@H]([C@H](C)CCCC(C)C)[C@]3(C)CC[C@@H]2[C@@]2(C)CC[C@H](OC(C)=O)C[C@]12O. The summed E-state index contributed by atoms with van der Waals surface area (Å²) in [5.41, 5.74) is -0.663. The van der Waals surface area contributed by atoms with Crippen LogP contribution in [0, 0.1) is 46.3 Å². The number of esters is 1. The molecule has 0 unspecified atom stereocenters. The largest absolute Gasteiger partial charge is 0.462 e. The molecule has 4 saturated carbocycles. The zero-order valence-corrected chi connectivity index (χ0v) is 23.1. The van der Waals surface area contributed by atoms with Gasteiger partial charge in [-0.2, -0.15) is 0 Å². The Balaban J connectivity index is 1.54. The first-order valence-electron chi connectivity index (χ1n) is 14.4. The van der Waals surface area contributed by atoms with Gasteiger partial charge in [0, 0.05) is 25.9 Å². The van der Waals surface area contributed by atoms with Crippen molar-refractivity contribution in [3.8, 4) is 0 Å². The van der Waals surface area contributed by atoms with Gasteiger partial charge in [0.1, 0.15) is 6.10 Å². The zero-order valence-electron chi connectivity index (χ0n) is 23.1. The molecule has 0 spiro atoms. The summed E-state index contributed by atoms with van der Waals surface area (Å²) in [5, 5.41) is 12.2. The van der Waals surface area contributed by atoms with E-state index in [1.807, 2.05) is 0 Å². The molecular formula is C30H52O4. The van der Waals surface area contributed by atoms with Gasteiger partial charge >= 0.3 is 5.97 Å². The van der Waals surface area contributed by atoms with Crippen LogP contribution in [0.2, 0.25) is 0 Å². The minimum atomic E-state index is -0.919. The second-order valence-electron chi connectivity index (χ2n) is 13.7. The third kappa shape index (κ3) is 4.27. The molecule has 4 rings (SSSR count). The summed E-state index contributed by atoms with van der Waals surface area (Å²) in [4.78, 5) is 11.6. The van der Waals surface area contributed by atoms with E-state index in [-0.39, 0.29) is 23.6 Å². The van der Waals surface area contributed by atoms with Crippen LogP contribution in [0.15, 0.2) is 0 Å². The van der Waals surface area contributed by atoms with Crippen LogP contribution >= 0.6 is 0 Å². The highest BCUT2D eigenvalue weighted by atomic mass is 16.5. The quantitative estimate of drug-likeness (QED) is 0.412. The molecule has 0 heterocycles. The summed E-state index contributed by atoms with van der Waals surface area (Å²) in [6.07, 6.45) is 12.2. The summed E-state index contributed by atoms with van der Waals surface area (Å²) in [6, 6.07) is 0. The van der Waals surface area contributed by atoms with Gasteiger partial charge in [0.15, 0.2) is 0 Å². The van der Waals surface area contributed by atoms with Crippen LogP contribution in [0.5, 0.6) is 0 Å². The summed E-state index contributed by atoms with van der Waals surface area (Å²) in [5.74, 6) is 4.11. The van der Waals surface area contributed by atoms with E-state index in [9.17, 15) is 9.90 Å². The fourth-order valence-corrected chi connectivity index (χ4v) is 9.87. The third-order valence-corrected chi connectivity index (χ3v) is 11.6. The van der Waals surface area contributed by atoms with Crippen molar-refractivity contribution >= 4 is 5.97 Å². The molecule has 10 atom stereocenters. The lowest BCUT2D eigenvalue weighted by molar-refractivity contribution is -0.271. The third-order valence-electron chi connectivity index (χ3n) is 11.6. The average molecular weight is 477 g/mol. The summed E-state index contributed by atoms with van der Waals surface area (Å²) < 4.78 is 11.7. The van der Waals surface area contributed by atoms with Crippen molar-refractivity contribution in [1.82, 2.24) is 0 Å². The summed E-state index contributed by atoms with van der Waals surface area (Å²) in [7, 11) is 1.77. The Kier molecular flexibility index (Phi) is 7.54. The fraction of sp³-hybridized carbons (Fsp3) is 0.967. The van der Waals surface area contributed by atoms with Gasteiger partial charge in [-0.1, -0.05) is 53.9 Å². The molecule has 0 aromatic carbocycles. The van der Waals surface area contributed by atoms with E-state index in [2.05, 4.69) is 34.6 Å². The molecule has 4 fully saturated rings. The zero-order chi connectivity index (χ0) is 24.9. The van der Waals surface area contributed by atoms with Crippen LogP contribution in [-0.4, -0.2) is 36.0 Å². The van der Waals surface area contributed by atoms with Gasteiger partial charge in [0.05, 0.1) is 11.7 Å². The van der Waals surface area contributed by atoms with Crippen LogP contribution in [0.1, 0.15) is 112 Å². The number of fused-ring (bicyclic) bond motifs is 5. The summed E-state index contributed by atoms with van der Waals surface area (Å²) in [6.45, 7) is 13.6.